The first-order valence-corrected chi connectivity index (χ1v) is 17.0. The van der Waals surface area contributed by atoms with Gasteiger partial charge in [-0.25, -0.2) is 0 Å². The highest BCUT2D eigenvalue weighted by molar-refractivity contribution is 6.32. The van der Waals surface area contributed by atoms with Crippen molar-refractivity contribution in [3.05, 3.63) is 82.9 Å². The van der Waals surface area contributed by atoms with E-state index in [0.717, 1.165) is 11.1 Å². The van der Waals surface area contributed by atoms with Crippen molar-refractivity contribution < 1.29 is 48.5 Å². The van der Waals surface area contributed by atoms with E-state index in [-0.39, 0.29) is 30.7 Å². The van der Waals surface area contributed by atoms with Crippen molar-refractivity contribution in [2.75, 3.05) is 28.3 Å². The zero-order valence-electron chi connectivity index (χ0n) is 29.3. The molecule has 3 aromatic carbocycles. The molecule has 7 unspecified atom stereocenters. The van der Waals surface area contributed by atoms with E-state index >= 15 is 0 Å². The number of amides is 1. The number of carbonyl (C=O) groups excluding carboxylic acids is 6. The molecule has 13 heteroatoms. The fraction of sp³-hybridized carbons (Fsp3) is 0.385. The van der Waals surface area contributed by atoms with Gasteiger partial charge in [-0.3, -0.25) is 33.7 Å². The number of nitrogens with zero attached hydrogens (tertiary/aromatic N) is 1. The quantitative estimate of drug-likeness (QED) is 0.174. The van der Waals surface area contributed by atoms with Gasteiger partial charge in [0, 0.05) is 18.0 Å². The number of rotatable bonds is 10. The minimum atomic E-state index is -2.81. The fourth-order valence-corrected chi connectivity index (χ4v) is 8.40. The average molecular weight is 712 g/mol. The maximum Gasteiger partial charge on any atom is 0.323 e. The van der Waals surface area contributed by atoms with Crippen molar-refractivity contribution in [1.82, 2.24) is 10.2 Å². The summed E-state index contributed by atoms with van der Waals surface area (Å²) in [5, 5.41) is 26.2. The van der Waals surface area contributed by atoms with Crippen LogP contribution in [0.3, 0.4) is 0 Å². The first-order valence-electron chi connectivity index (χ1n) is 17.0. The Labute approximate surface area is 300 Å². The summed E-state index contributed by atoms with van der Waals surface area (Å²) in [4.78, 5) is 81.9. The van der Waals surface area contributed by atoms with Gasteiger partial charge in [-0.05, 0) is 79.7 Å². The zero-order chi connectivity index (χ0) is 37.6. The molecule has 0 aliphatic heterocycles. The van der Waals surface area contributed by atoms with Crippen LogP contribution in [0.25, 0.3) is 11.1 Å². The number of aliphatic hydroxyl groups is 1. The number of phenols is 1. The summed E-state index contributed by atoms with van der Waals surface area (Å²) in [5.41, 5.74) is 5.78. The average Bonchev–Trinajstić information content (AvgIpc) is 3.11. The normalized spacial score (nSPS) is 25.9. The summed E-state index contributed by atoms with van der Waals surface area (Å²) >= 11 is 0. The third kappa shape index (κ3) is 5.98. The molecule has 13 nitrogen and oxygen atoms in total. The molecule has 0 radical (unpaired) electrons. The Kier molecular flexibility index (Phi) is 9.88. The number of aromatic hydroxyl groups is 1. The largest absolute Gasteiger partial charge is 0.507 e. The van der Waals surface area contributed by atoms with Gasteiger partial charge in [0.25, 0.3) is 0 Å². The number of hydrogen-bond donors (Lipinski definition) is 4. The molecule has 3 aliphatic rings. The number of hydrogen-bond acceptors (Lipinski definition) is 12. The number of esters is 1. The van der Waals surface area contributed by atoms with Crippen LogP contribution in [0.5, 0.6) is 11.5 Å². The Bertz CT molecular complexity index is 1980. The molecular weight excluding hydrogens is 670 g/mol. The lowest BCUT2D eigenvalue weighted by molar-refractivity contribution is -0.181. The molecule has 2 fully saturated rings. The monoisotopic (exact) mass is 711 g/mol. The Morgan fingerprint density at radius 3 is 2.33 bits per heavy atom. The van der Waals surface area contributed by atoms with E-state index in [9.17, 15) is 39.0 Å². The molecule has 52 heavy (non-hydrogen) atoms. The topological polar surface area (TPSA) is 203 Å². The van der Waals surface area contributed by atoms with Gasteiger partial charge >= 0.3 is 5.97 Å². The van der Waals surface area contributed by atoms with Gasteiger partial charge in [-0.15, -0.1) is 0 Å². The van der Waals surface area contributed by atoms with Crippen LogP contribution in [-0.4, -0.2) is 96.1 Å². The van der Waals surface area contributed by atoms with Gasteiger partial charge in [0.2, 0.25) is 5.91 Å². The van der Waals surface area contributed by atoms with Crippen LogP contribution in [0.15, 0.2) is 60.7 Å². The maximum atomic E-state index is 14.3. The highest BCUT2D eigenvalue weighted by Gasteiger charge is 2.69. The van der Waals surface area contributed by atoms with Crippen molar-refractivity contribution in [3.63, 3.8) is 0 Å². The highest BCUT2D eigenvalue weighted by Crippen LogP contribution is 2.52. The van der Waals surface area contributed by atoms with Crippen LogP contribution in [0.1, 0.15) is 33.5 Å². The first kappa shape index (κ1) is 36.5. The van der Waals surface area contributed by atoms with E-state index in [0.29, 0.717) is 28.9 Å². The number of fused-ring (bicyclic) bond motifs is 3. The molecule has 2 saturated carbocycles. The number of methoxy groups -OCH3 is 2. The van der Waals surface area contributed by atoms with Crippen molar-refractivity contribution in [3.8, 4) is 22.6 Å². The summed E-state index contributed by atoms with van der Waals surface area (Å²) in [7, 11) is 5.90. The molecule has 0 bridgehead atoms. The van der Waals surface area contributed by atoms with Crippen molar-refractivity contribution in [2.24, 2.45) is 29.4 Å². The van der Waals surface area contributed by atoms with Gasteiger partial charge in [-0.1, -0.05) is 42.5 Å². The maximum absolute atomic E-state index is 14.3. The van der Waals surface area contributed by atoms with E-state index < -0.39 is 76.4 Å². The van der Waals surface area contributed by atoms with Crippen LogP contribution in [0.4, 0.5) is 0 Å². The summed E-state index contributed by atoms with van der Waals surface area (Å²) in [6, 6.07) is 16.1. The smallest absolute Gasteiger partial charge is 0.323 e. The summed E-state index contributed by atoms with van der Waals surface area (Å²) < 4.78 is 10.8. The first-order chi connectivity index (χ1) is 24.7. The van der Waals surface area contributed by atoms with Gasteiger partial charge in [0.15, 0.2) is 34.7 Å². The zero-order valence-corrected chi connectivity index (χ0v) is 29.3. The van der Waals surface area contributed by atoms with Crippen LogP contribution >= 0.6 is 0 Å². The number of benzene rings is 3. The molecule has 3 aliphatic carbocycles. The predicted molar refractivity (Wildman–Crippen MR) is 186 cm³/mol. The van der Waals surface area contributed by atoms with Crippen LogP contribution in [-0.2, 0) is 48.1 Å². The van der Waals surface area contributed by atoms with E-state index in [2.05, 4.69) is 5.32 Å². The lowest BCUT2D eigenvalue weighted by Gasteiger charge is -2.52. The minimum absolute atomic E-state index is 0.0730. The van der Waals surface area contributed by atoms with Crippen molar-refractivity contribution in [2.45, 2.75) is 43.5 Å². The van der Waals surface area contributed by atoms with Crippen molar-refractivity contribution in [1.29, 1.82) is 0 Å². The van der Waals surface area contributed by atoms with E-state index in [4.69, 9.17) is 15.2 Å². The molecule has 7 atom stereocenters. The summed E-state index contributed by atoms with van der Waals surface area (Å²) in [6.07, 6.45) is 0.412. The number of nitrogens with two attached hydrogens (primary N) is 1. The molecular formula is C39H41N3O10. The molecule has 272 valence electrons. The van der Waals surface area contributed by atoms with E-state index in [1.54, 1.807) is 12.1 Å². The second-order valence-electron chi connectivity index (χ2n) is 14.0. The molecule has 1 amide bonds. The molecule has 0 heterocycles. The fourth-order valence-electron chi connectivity index (χ4n) is 8.40. The number of primary amides is 1. The van der Waals surface area contributed by atoms with Crippen molar-refractivity contribution >= 4 is 35.0 Å². The van der Waals surface area contributed by atoms with E-state index in [1.807, 2.05) is 42.5 Å². The Morgan fingerprint density at radius 2 is 1.69 bits per heavy atom. The van der Waals surface area contributed by atoms with Crippen LogP contribution < -0.4 is 15.8 Å². The number of phenolic OH excluding ortho intramolecular Hbond substituents is 1. The Balaban J connectivity index is 1.37. The number of Topliss-reactive ketones (excluding diaryl/α,β-unsaturated/α-hetero) is 4. The summed E-state index contributed by atoms with van der Waals surface area (Å²) in [5.74, 6) is -11.2. The number of ketones is 4. The minimum Gasteiger partial charge on any atom is -0.507 e. The third-order valence-corrected chi connectivity index (χ3v) is 10.8. The van der Waals surface area contributed by atoms with Gasteiger partial charge in [0.1, 0.15) is 17.5 Å². The molecule has 0 saturated heterocycles. The summed E-state index contributed by atoms with van der Waals surface area (Å²) in [6.45, 7) is 0.266. The second kappa shape index (κ2) is 14.1. The number of carbonyl (C=O) groups is 6. The molecule has 3 aromatic rings. The third-order valence-electron chi connectivity index (χ3n) is 10.8. The second-order valence-corrected chi connectivity index (χ2v) is 14.0. The Morgan fingerprint density at radius 1 is 0.981 bits per heavy atom. The standard InChI is InChI=1S/C39H41N3O10/c1-42(2)32-25-17-21-16-24-22(11-12-27(43)30(24)33(44)29(21)35(46)39(25,50)36(47)31(34(32)45)37(40)48)23-14-20(10-13-28(23)51-3)18-41-26(38(49)52-4)15-19-8-6-5-7-9-19/h5-14,21,25-26,29,31-32,41,43,50H,15-18H2,1-4H3,(H2,40,48). The SMILES string of the molecule is COC(=O)C(Cc1ccccc1)NCc1ccc(OC)c(-c2ccc(O)c3c2CC2CC4C(N(C)C)C(=O)C(C(N)=O)C(=O)C4(O)C(=O)C2C3=O)c1. The molecule has 0 spiro atoms. The van der Waals surface area contributed by atoms with Crippen LogP contribution in [0.2, 0.25) is 0 Å². The van der Waals surface area contributed by atoms with Gasteiger partial charge < -0.3 is 30.7 Å². The van der Waals surface area contributed by atoms with Crippen LogP contribution in [0, 0.1) is 23.7 Å². The van der Waals surface area contributed by atoms with Gasteiger partial charge in [-0.2, -0.15) is 0 Å². The number of likely N-dealkylation sites (N-methyl/N-ethyl adjacent to an activating group) is 1. The highest BCUT2D eigenvalue weighted by atomic mass is 16.5. The molecule has 0 aromatic heterocycles. The number of nitrogens with one attached hydrogen (secondary N) is 1. The molecule has 6 rings (SSSR count). The predicted octanol–water partition coefficient (Wildman–Crippen LogP) is 1.42. The lowest BCUT2D eigenvalue weighted by atomic mass is 9.52. The number of ether oxygens (including phenoxy) is 2. The lowest BCUT2D eigenvalue weighted by Crippen LogP contribution is -2.74. The Hall–Kier alpha value is -5.24. The molecule has 5 N–H and O–H groups in total. The van der Waals surface area contributed by atoms with Gasteiger partial charge in [0.05, 0.1) is 31.7 Å². The van der Waals surface area contributed by atoms with E-state index in [1.165, 1.54) is 39.3 Å².